The molecule has 2 heterocycles. The molecule has 5 aromatic rings. The molecular formula is C25H14BrCl2N3O4S. The van der Waals surface area contributed by atoms with Gasteiger partial charge in [0.25, 0.3) is 5.91 Å². The van der Waals surface area contributed by atoms with Crippen LogP contribution in [0.1, 0.15) is 5.56 Å². The van der Waals surface area contributed by atoms with Gasteiger partial charge in [-0.1, -0.05) is 62.6 Å². The van der Waals surface area contributed by atoms with Crippen molar-refractivity contribution in [2.45, 2.75) is 0 Å². The molecule has 0 atom stereocenters. The molecule has 0 unspecified atom stereocenters. The van der Waals surface area contributed by atoms with Crippen molar-refractivity contribution in [1.82, 2.24) is 4.98 Å². The molecule has 7 nitrogen and oxygen atoms in total. The van der Waals surface area contributed by atoms with Crippen LogP contribution < -0.4 is 15.2 Å². The number of benzene rings is 3. The summed E-state index contributed by atoms with van der Waals surface area (Å²) in [4.78, 5) is 30.6. The zero-order chi connectivity index (χ0) is 25.2. The number of hydrogen-bond acceptors (Lipinski definition) is 7. The van der Waals surface area contributed by atoms with Gasteiger partial charge in [-0.3, -0.25) is 9.59 Å². The Hall–Kier alpha value is -3.24. The molecule has 0 aliphatic rings. The van der Waals surface area contributed by atoms with Crippen LogP contribution in [0.25, 0.3) is 21.2 Å². The van der Waals surface area contributed by atoms with Gasteiger partial charge in [0.2, 0.25) is 10.6 Å². The van der Waals surface area contributed by atoms with E-state index in [0.29, 0.717) is 32.4 Å². The first-order valence-electron chi connectivity index (χ1n) is 10.4. The van der Waals surface area contributed by atoms with Gasteiger partial charge in [0.05, 0.1) is 32.4 Å². The van der Waals surface area contributed by atoms with Crippen LogP contribution in [-0.4, -0.2) is 23.7 Å². The lowest BCUT2D eigenvalue weighted by Gasteiger charge is -2.15. The summed E-state index contributed by atoms with van der Waals surface area (Å²) >= 11 is 16.8. The fourth-order valence-corrected chi connectivity index (χ4v) is 5.25. The Bertz CT molecular complexity index is 1700. The number of aromatic nitrogens is 1. The normalized spacial score (nSPS) is 11.4. The van der Waals surface area contributed by atoms with Crippen LogP contribution in [0.4, 0.5) is 5.13 Å². The average molecular weight is 603 g/mol. The molecule has 0 bridgehead atoms. The van der Waals surface area contributed by atoms with Gasteiger partial charge in [0, 0.05) is 9.50 Å². The molecule has 11 heteroatoms. The summed E-state index contributed by atoms with van der Waals surface area (Å²) in [6.07, 6.45) is 2.57. The van der Waals surface area contributed by atoms with Crippen LogP contribution in [0, 0.1) is 0 Å². The van der Waals surface area contributed by atoms with E-state index in [4.69, 9.17) is 32.4 Å². The number of hydrazone groups is 1. The van der Waals surface area contributed by atoms with E-state index in [1.807, 2.05) is 18.2 Å². The third-order valence-corrected chi connectivity index (χ3v) is 7.04. The second-order valence-electron chi connectivity index (χ2n) is 7.44. The van der Waals surface area contributed by atoms with Crippen LogP contribution in [0.3, 0.4) is 0 Å². The van der Waals surface area contributed by atoms with Crippen LogP contribution in [0.2, 0.25) is 10.0 Å². The fraction of sp³-hybridized carbons (Fsp3) is 0.0400. The SMILES string of the molecule is O=C(COc1ccc(Cl)cc1Cl)N(/N=C/c1coc2ccccc2c1=O)c1nc2ccc(Br)cc2s1. The average Bonchev–Trinajstić information content (AvgIpc) is 3.27. The fourth-order valence-electron chi connectivity index (χ4n) is 3.29. The number of nitrogens with zero attached hydrogens (tertiary/aromatic N) is 3. The number of anilines is 1. The van der Waals surface area contributed by atoms with Crippen molar-refractivity contribution in [2.24, 2.45) is 5.10 Å². The summed E-state index contributed by atoms with van der Waals surface area (Å²) in [6.45, 7) is -0.384. The third kappa shape index (κ3) is 5.15. The van der Waals surface area contributed by atoms with Gasteiger partial charge in [0.1, 0.15) is 17.6 Å². The summed E-state index contributed by atoms with van der Waals surface area (Å²) in [5, 5.41) is 6.82. The Kier molecular flexibility index (Phi) is 7.06. The number of amides is 1. The summed E-state index contributed by atoms with van der Waals surface area (Å²) in [5.41, 5.74) is 1.05. The molecule has 0 aliphatic carbocycles. The second kappa shape index (κ2) is 10.4. The molecule has 0 radical (unpaired) electrons. The lowest BCUT2D eigenvalue weighted by atomic mass is 10.2. The predicted octanol–water partition coefficient (Wildman–Crippen LogP) is 6.92. The maximum Gasteiger partial charge on any atom is 0.287 e. The number of fused-ring (bicyclic) bond motifs is 2. The van der Waals surface area contributed by atoms with E-state index >= 15 is 0 Å². The van der Waals surface area contributed by atoms with Crippen molar-refractivity contribution in [3.63, 3.8) is 0 Å². The molecule has 0 spiro atoms. The van der Waals surface area contributed by atoms with Crippen molar-refractivity contribution in [3.05, 3.63) is 97.2 Å². The van der Waals surface area contributed by atoms with Crippen molar-refractivity contribution in [3.8, 4) is 5.75 Å². The monoisotopic (exact) mass is 601 g/mol. The minimum Gasteiger partial charge on any atom is -0.482 e. The second-order valence-corrected chi connectivity index (χ2v) is 10.2. The maximum absolute atomic E-state index is 13.2. The lowest BCUT2D eigenvalue weighted by Crippen LogP contribution is -2.31. The summed E-state index contributed by atoms with van der Waals surface area (Å²) in [5.74, 6) is -0.234. The van der Waals surface area contributed by atoms with Crippen molar-refractivity contribution >= 4 is 88.9 Å². The van der Waals surface area contributed by atoms with Gasteiger partial charge >= 0.3 is 0 Å². The standard InChI is InChI=1S/C25H14BrCl2N3O4S/c26-15-5-7-19-22(9-15)36-25(30-19)31(23(32)13-35-21-8-6-16(27)10-18(21)28)29-11-14-12-34-20-4-2-1-3-17(20)24(14)33/h1-12H,13H2/b29-11+. The largest absolute Gasteiger partial charge is 0.482 e. The molecule has 0 saturated heterocycles. The zero-order valence-electron chi connectivity index (χ0n) is 18.2. The molecule has 0 fully saturated rings. The third-order valence-electron chi connectivity index (χ3n) is 5.02. The highest BCUT2D eigenvalue weighted by Gasteiger charge is 2.21. The van der Waals surface area contributed by atoms with Gasteiger partial charge in [-0.2, -0.15) is 10.1 Å². The minimum atomic E-state index is -0.527. The number of ether oxygens (including phenoxy) is 1. The number of halogens is 3. The van der Waals surface area contributed by atoms with E-state index in [1.54, 1.807) is 36.4 Å². The van der Waals surface area contributed by atoms with E-state index in [9.17, 15) is 9.59 Å². The Labute approximate surface area is 226 Å². The smallest absolute Gasteiger partial charge is 0.287 e. The molecule has 0 saturated carbocycles. The Morgan fingerprint density at radius 2 is 2.00 bits per heavy atom. The van der Waals surface area contributed by atoms with Gasteiger partial charge in [-0.05, 0) is 48.5 Å². The molecular weight excluding hydrogens is 589 g/mol. The molecule has 180 valence electrons. The van der Waals surface area contributed by atoms with E-state index in [-0.39, 0.29) is 22.6 Å². The number of carbonyl (C=O) groups excluding carboxylic acids is 1. The first-order chi connectivity index (χ1) is 17.4. The van der Waals surface area contributed by atoms with Crippen molar-refractivity contribution < 1.29 is 13.9 Å². The van der Waals surface area contributed by atoms with E-state index < -0.39 is 5.91 Å². The van der Waals surface area contributed by atoms with Crippen LogP contribution in [0.5, 0.6) is 5.75 Å². The summed E-state index contributed by atoms with van der Waals surface area (Å²) in [7, 11) is 0. The molecule has 2 aromatic heterocycles. The first-order valence-corrected chi connectivity index (χ1v) is 12.8. The van der Waals surface area contributed by atoms with Crippen LogP contribution in [0.15, 0.2) is 85.7 Å². The summed E-state index contributed by atoms with van der Waals surface area (Å²) in [6, 6.07) is 17.2. The van der Waals surface area contributed by atoms with Gasteiger partial charge < -0.3 is 9.15 Å². The summed E-state index contributed by atoms with van der Waals surface area (Å²) < 4.78 is 12.9. The van der Waals surface area contributed by atoms with Crippen LogP contribution in [-0.2, 0) is 4.79 Å². The van der Waals surface area contributed by atoms with Crippen molar-refractivity contribution in [2.75, 3.05) is 11.6 Å². The predicted molar refractivity (Wildman–Crippen MR) is 147 cm³/mol. The first kappa shape index (κ1) is 24.5. The Morgan fingerprint density at radius 1 is 1.17 bits per heavy atom. The maximum atomic E-state index is 13.2. The van der Waals surface area contributed by atoms with Gasteiger partial charge in [0.15, 0.2) is 6.61 Å². The number of rotatable bonds is 6. The minimum absolute atomic E-state index is 0.178. The molecule has 0 aliphatic heterocycles. The van der Waals surface area contributed by atoms with Crippen LogP contribution >= 0.6 is 50.5 Å². The van der Waals surface area contributed by atoms with Crippen molar-refractivity contribution in [1.29, 1.82) is 0 Å². The molecule has 1 amide bonds. The number of hydrogen-bond donors (Lipinski definition) is 0. The quantitative estimate of drug-likeness (QED) is 0.156. The van der Waals surface area contributed by atoms with Gasteiger partial charge in [-0.25, -0.2) is 4.98 Å². The molecule has 0 N–H and O–H groups in total. The van der Waals surface area contributed by atoms with E-state index in [1.165, 1.54) is 29.9 Å². The highest BCUT2D eigenvalue weighted by Crippen LogP contribution is 2.32. The highest BCUT2D eigenvalue weighted by atomic mass is 79.9. The number of para-hydroxylation sites is 1. The van der Waals surface area contributed by atoms with E-state index in [2.05, 4.69) is 26.0 Å². The number of thiazole rings is 1. The topological polar surface area (TPSA) is 85.0 Å². The molecule has 3 aromatic carbocycles. The Balaban J connectivity index is 1.49. The highest BCUT2D eigenvalue weighted by molar-refractivity contribution is 9.10. The molecule has 36 heavy (non-hydrogen) atoms. The zero-order valence-corrected chi connectivity index (χ0v) is 22.1. The van der Waals surface area contributed by atoms with E-state index in [0.717, 1.165) is 14.2 Å². The number of carbonyl (C=O) groups is 1. The Morgan fingerprint density at radius 3 is 2.83 bits per heavy atom. The lowest BCUT2D eigenvalue weighted by molar-refractivity contribution is -0.120. The molecule has 5 rings (SSSR count). The van der Waals surface area contributed by atoms with Gasteiger partial charge in [-0.15, -0.1) is 0 Å².